The highest BCUT2D eigenvalue weighted by Gasteiger charge is 2.59. The molecule has 31 heavy (non-hydrogen) atoms. The fourth-order valence-corrected chi connectivity index (χ4v) is 4.93. The molecule has 4 rings (SSSR count). The Balaban J connectivity index is 1.46. The van der Waals surface area contributed by atoms with Crippen LogP contribution >= 0.6 is 0 Å². The van der Waals surface area contributed by atoms with Crippen molar-refractivity contribution in [2.75, 3.05) is 18.1 Å². The molecule has 4 heteroatoms. The van der Waals surface area contributed by atoms with Crippen molar-refractivity contribution >= 4 is 17.7 Å². The minimum absolute atomic E-state index is 0.0647. The Morgan fingerprint density at radius 1 is 1.03 bits per heavy atom. The molecule has 0 bridgehead atoms. The summed E-state index contributed by atoms with van der Waals surface area (Å²) in [5.74, 6) is 0.977. The van der Waals surface area contributed by atoms with Gasteiger partial charge in [0.15, 0.2) is 0 Å². The molecule has 0 unspecified atom stereocenters. The molecule has 0 spiro atoms. The number of ether oxygens (including phenoxy) is 1. The first kappa shape index (κ1) is 21.5. The zero-order valence-corrected chi connectivity index (χ0v) is 19.0. The van der Waals surface area contributed by atoms with Crippen LogP contribution in [0.2, 0.25) is 0 Å². The first-order valence-electron chi connectivity index (χ1n) is 11.6. The molecule has 4 nitrogen and oxygen atoms in total. The fourth-order valence-electron chi connectivity index (χ4n) is 4.93. The van der Waals surface area contributed by atoms with Gasteiger partial charge in [0.25, 0.3) is 0 Å². The number of nitrogens with zero attached hydrogens (tertiary/aromatic N) is 1. The van der Waals surface area contributed by atoms with Gasteiger partial charge < -0.3 is 15.0 Å². The van der Waals surface area contributed by atoms with E-state index in [-0.39, 0.29) is 11.3 Å². The number of nitrogens with one attached hydrogen (secondary N) is 1. The van der Waals surface area contributed by atoms with Crippen LogP contribution in [0, 0.1) is 0 Å². The third kappa shape index (κ3) is 3.96. The molecule has 2 heterocycles. The van der Waals surface area contributed by atoms with E-state index in [0.717, 1.165) is 30.0 Å². The van der Waals surface area contributed by atoms with Gasteiger partial charge in [0.05, 0.1) is 13.2 Å². The number of amides is 1. The second-order valence-corrected chi connectivity index (χ2v) is 9.21. The van der Waals surface area contributed by atoms with Crippen LogP contribution < -0.4 is 15.0 Å². The maximum absolute atomic E-state index is 12.4. The highest BCUT2D eigenvalue weighted by Crippen LogP contribution is 2.52. The molecule has 0 saturated carbocycles. The summed E-state index contributed by atoms with van der Waals surface area (Å²) in [4.78, 5) is 14.6. The van der Waals surface area contributed by atoms with E-state index < -0.39 is 5.66 Å². The van der Waals surface area contributed by atoms with Gasteiger partial charge in [-0.25, -0.2) is 0 Å². The lowest BCUT2D eigenvalue weighted by Crippen LogP contribution is -2.58. The zero-order chi connectivity index (χ0) is 21.9. The van der Waals surface area contributed by atoms with Crippen LogP contribution in [0.3, 0.4) is 0 Å². The maximum Gasteiger partial charge on any atom is 0.241 e. The number of carbonyl (C=O) groups excluding carboxylic acids is 1. The molecule has 0 radical (unpaired) electrons. The lowest BCUT2D eigenvalue weighted by molar-refractivity contribution is -0.118. The average molecular weight is 419 g/mol. The van der Waals surface area contributed by atoms with Gasteiger partial charge in [-0.1, -0.05) is 82.9 Å². The van der Waals surface area contributed by atoms with E-state index >= 15 is 0 Å². The molecule has 2 aromatic rings. The SMILES string of the molecule is CCCCCCCOc1ccc(C=C[C@]23NC(=O)CN2c2ccccc2C3(C)C)cc1. The van der Waals surface area contributed by atoms with Crippen LogP contribution in [-0.2, 0) is 10.2 Å². The summed E-state index contributed by atoms with van der Waals surface area (Å²) in [6.45, 7) is 7.81. The molecule has 2 aliphatic rings. The zero-order valence-electron chi connectivity index (χ0n) is 19.0. The first-order valence-corrected chi connectivity index (χ1v) is 11.6. The highest BCUT2D eigenvalue weighted by atomic mass is 16.5. The Hall–Kier alpha value is -2.75. The van der Waals surface area contributed by atoms with E-state index in [1.807, 2.05) is 18.2 Å². The lowest BCUT2D eigenvalue weighted by Gasteiger charge is -2.40. The van der Waals surface area contributed by atoms with E-state index in [2.05, 4.69) is 73.5 Å². The number of benzene rings is 2. The topological polar surface area (TPSA) is 41.6 Å². The minimum atomic E-state index is -0.554. The molecule has 1 N–H and O–H groups in total. The number of hydrogen-bond acceptors (Lipinski definition) is 3. The van der Waals surface area contributed by atoms with Crippen molar-refractivity contribution in [2.24, 2.45) is 0 Å². The predicted octanol–water partition coefficient (Wildman–Crippen LogP) is 5.67. The molecule has 0 aromatic heterocycles. The molecule has 0 aliphatic carbocycles. The third-order valence-electron chi connectivity index (χ3n) is 6.79. The molecular weight excluding hydrogens is 384 g/mol. The molecular formula is C27H34N2O2. The maximum atomic E-state index is 12.4. The van der Waals surface area contributed by atoms with Gasteiger partial charge in [0.1, 0.15) is 11.4 Å². The molecule has 1 fully saturated rings. The van der Waals surface area contributed by atoms with Gasteiger partial charge in [-0.05, 0) is 41.8 Å². The Kier molecular flexibility index (Phi) is 6.08. The van der Waals surface area contributed by atoms with Gasteiger partial charge in [-0.3, -0.25) is 4.79 Å². The summed E-state index contributed by atoms with van der Waals surface area (Å²) in [6.07, 6.45) is 10.5. The summed E-state index contributed by atoms with van der Waals surface area (Å²) in [5.41, 5.74) is 2.70. The number of unbranched alkanes of at least 4 members (excludes halogenated alkanes) is 4. The van der Waals surface area contributed by atoms with E-state index in [4.69, 9.17) is 4.74 Å². The molecule has 1 atom stereocenters. The van der Waals surface area contributed by atoms with Crippen LogP contribution in [0.15, 0.2) is 54.6 Å². The number of carbonyl (C=O) groups is 1. The predicted molar refractivity (Wildman–Crippen MR) is 127 cm³/mol. The van der Waals surface area contributed by atoms with Crippen molar-refractivity contribution in [2.45, 2.75) is 64.0 Å². The van der Waals surface area contributed by atoms with E-state index in [9.17, 15) is 4.79 Å². The molecule has 2 aliphatic heterocycles. The summed E-state index contributed by atoms with van der Waals surface area (Å²) >= 11 is 0. The second-order valence-electron chi connectivity index (χ2n) is 9.21. The van der Waals surface area contributed by atoms with Crippen molar-refractivity contribution < 1.29 is 9.53 Å². The Morgan fingerprint density at radius 2 is 1.77 bits per heavy atom. The minimum Gasteiger partial charge on any atom is -0.494 e. The Labute approximate surface area is 186 Å². The number of fused-ring (bicyclic) bond motifs is 3. The summed E-state index contributed by atoms with van der Waals surface area (Å²) in [6, 6.07) is 16.6. The summed E-state index contributed by atoms with van der Waals surface area (Å²) < 4.78 is 5.89. The number of para-hydroxylation sites is 1. The van der Waals surface area contributed by atoms with Gasteiger partial charge in [0.2, 0.25) is 5.91 Å². The van der Waals surface area contributed by atoms with Crippen molar-refractivity contribution in [3.8, 4) is 5.75 Å². The van der Waals surface area contributed by atoms with Crippen molar-refractivity contribution in [1.82, 2.24) is 5.32 Å². The monoisotopic (exact) mass is 418 g/mol. The molecule has 2 aromatic carbocycles. The quantitative estimate of drug-likeness (QED) is 0.533. The molecule has 1 saturated heterocycles. The number of anilines is 1. The largest absolute Gasteiger partial charge is 0.494 e. The van der Waals surface area contributed by atoms with E-state index in [0.29, 0.717) is 6.54 Å². The summed E-state index contributed by atoms with van der Waals surface area (Å²) in [5, 5.41) is 3.27. The van der Waals surface area contributed by atoms with Crippen molar-refractivity contribution in [3.63, 3.8) is 0 Å². The first-order chi connectivity index (χ1) is 15.0. The smallest absolute Gasteiger partial charge is 0.241 e. The van der Waals surface area contributed by atoms with Crippen LogP contribution in [0.4, 0.5) is 5.69 Å². The van der Waals surface area contributed by atoms with E-state index in [1.54, 1.807) is 0 Å². The van der Waals surface area contributed by atoms with Crippen molar-refractivity contribution in [3.05, 3.63) is 65.7 Å². The summed E-state index contributed by atoms with van der Waals surface area (Å²) in [7, 11) is 0. The average Bonchev–Trinajstić information content (AvgIpc) is 3.20. The van der Waals surface area contributed by atoms with Crippen LogP contribution in [0.25, 0.3) is 6.08 Å². The Morgan fingerprint density at radius 3 is 2.55 bits per heavy atom. The highest BCUT2D eigenvalue weighted by molar-refractivity contribution is 5.91. The van der Waals surface area contributed by atoms with Crippen LogP contribution in [0.5, 0.6) is 5.75 Å². The van der Waals surface area contributed by atoms with Gasteiger partial charge in [-0.15, -0.1) is 0 Å². The molecule has 164 valence electrons. The second kappa shape index (κ2) is 8.78. The fraction of sp³-hybridized carbons (Fsp3) is 0.444. The number of rotatable bonds is 9. The van der Waals surface area contributed by atoms with Gasteiger partial charge in [-0.2, -0.15) is 0 Å². The van der Waals surface area contributed by atoms with E-state index in [1.165, 1.54) is 31.2 Å². The lowest BCUT2D eigenvalue weighted by atomic mass is 9.75. The normalized spacial score (nSPS) is 21.3. The standard InChI is InChI=1S/C27H34N2O2/c1-4-5-6-7-10-19-31-22-15-13-21(14-16-22)17-18-27-26(2,3)23-11-8-9-12-24(23)29(27)20-25(30)28-27/h8-9,11-18H,4-7,10,19-20H2,1-3H3,(H,28,30)/t27-/m0/s1. The van der Waals surface area contributed by atoms with Gasteiger partial charge in [0, 0.05) is 11.1 Å². The Bertz CT molecular complexity index is 948. The third-order valence-corrected chi connectivity index (χ3v) is 6.79. The van der Waals surface area contributed by atoms with Gasteiger partial charge >= 0.3 is 0 Å². The number of hydrogen-bond donors (Lipinski definition) is 1. The molecule has 1 amide bonds. The van der Waals surface area contributed by atoms with Crippen molar-refractivity contribution in [1.29, 1.82) is 0 Å². The van der Waals surface area contributed by atoms with Crippen LogP contribution in [-0.4, -0.2) is 24.7 Å². The van der Waals surface area contributed by atoms with Crippen LogP contribution in [0.1, 0.15) is 64.0 Å².